The maximum Gasteiger partial charge on any atom is 0.303 e. The summed E-state index contributed by atoms with van der Waals surface area (Å²) >= 11 is 0. The first-order valence-corrected chi connectivity index (χ1v) is 17.4. The van der Waals surface area contributed by atoms with Gasteiger partial charge in [-0.2, -0.15) is 0 Å². The second-order valence-electron chi connectivity index (χ2n) is 11.8. The maximum absolute atomic E-state index is 10.3. The van der Waals surface area contributed by atoms with Crippen LogP contribution in [0.25, 0.3) is 0 Å². The van der Waals surface area contributed by atoms with Crippen molar-refractivity contribution in [3.63, 3.8) is 0 Å². The fourth-order valence-electron chi connectivity index (χ4n) is 4.73. The van der Waals surface area contributed by atoms with Crippen molar-refractivity contribution in [3.8, 4) is 0 Å². The molecule has 0 aromatic carbocycles. The Morgan fingerprint density at radius 1 is 0.488 bits per heavy atom. The number of rotatable bonds is 30. The summed E-state index contributed by atoms with van der Waals surface area (Å²) < 4.78 is 0. The van der Waals surface area contributed by atoms with E-state index in [1.54, 1.807) is 0 Å². The third-order valence-corrected chi connectivity index (χ3v) is 7.45. The first kappa shape index (κ1) is 47.3. The van der Waals surface area contributed by atoms with Gasteiger partial charge in [-0.25, -0.2) is 0 Å². The molecule has 2 radical (unpaired) electrons. The van der Waals surface area contributed by atoms with Crippen molar-refractivity contribution in [2.75, 3.05) is 0 Å². The molecule has 0 aromatic heterocycles. The van der Waals surface area contributed by atoms with Gasteiger partial charge in [-0.3, -0.25) is 9.59 Å². The van der Waals surface area contributed by atoms with Crippen LogP contribution in [0.15, 0.2) is 24.3 Å². The molecule has 0 aliphatic rings. The normalized spacial score (nSPS) is 12.6. The number of hydrogen-bond acceptors (Lipinski definition) is 4. The van der Waals surface area contributed by atoms with Crippen LogP contribution >= 0.6 is 0 Å². The van der Waals surface area contributed by atoms with Crippen LogP contribution in [0, 0.1) is 0 Å². The number of allylic oxidation sites excluding steroid dienone is 2. The Kier molecular flexibility index (Phi) is 43.9. The Balaban J connectivity index is -0.000000727. The van der Waals surface area contributed by atoms with Gasteiger partial charge in [0.25, 0.3) is 0 Å². The predicted molar refractivity (Wildman–Crippen MR) is 183 cm³/mol. The van der Waals surface area contributed by atoms with Crippen molar-refractivity contribution >= 4 is 60.8 Å². The first-order chi connectivity index (χ1) is 20.3. The molecule has 0 bridgehead atoms. The molecule has 7 heteroatoms. The van der Waals surface area contributed by atoms with Gasteiger partial charge in [0.15, 0.2) is 0 Å². The van der Waals surface area contributed by atoms with Crippen molar-refractivity contribution in [1.29, 1.82) is 0 Å². The molecular weight excluding hydrogens is 666 g/mol. The van der Waals surface area contributed by atoms with Gasteiger partial charge in [0.2, 0.25) is 0 Å². The Morgan fingerprint density at radius 3 is 1.16 bits per heavy atom. The summed E-state index contributed by atoms with van der Waals surface area (Å²) in [5.41, 5.74) is 0. The summed E-state index contributed by atoms with van der Waals surface area (Å²) in [5, 5.41) is 36.6. The first-order valence-electron chi connectivity index (χ1n) is 17.4. The summed E-state index contributed by atoms with van der Waals surface area (Å²) in [4.78, 5) is 20.7. The average Bonchev–Trinajstić information content (AvgIpc) is 2.95. The summed E-state index contributed by atoms with van der Waals surface area (Å²) in [6, 6.07) is 0. The van der Waals surface area contributed by atoms with Gasteiger partial charge in [0.05, 0.1) is 12.2 Å². The molecule has 0 aliphatic carbocycles. The standard InChI is InChI=1S/2C18H34O3.Ba/c2*1-2-3-4-11-14-17(19)15-12-9-7-5-6-8-10-13-16-18(20)21;/h2*9,12,17,19H,2-8,10-11,13-16H2,1H3,(H,20,21);/b2*12-9-;/t2*17-;/m11./s1. The minimum absolute atomic E-state index is 0. The van der Waals surface area contributed by atoms with E-state index in [0.717, 1.165) is 103 Å². The fraction of sp³-hybridized carbons (Fsp3) is 0.833. The van der Waals surface area contributed by atoms with Gasteiger partial charge >= 0.3 is 11.9 Å². The topological polar surface area (TPSA) is 115 Å². The van der Waals surface area contributed by atoms with E-state index in [1.807, 2.05) is 0 Å². The molecule has 0 fully saturated rings. The fourth-order valence-corrected chi connectivity index (χ4v) is 4.73. The minimum atomic E-state index is -0.689. The zero-order chi connectivity index (χ0) is 31.5. The smallest absolute Gasteiger partial charge is 0.303 e. The molecular formula is C36H68BaO6. The summed E-state index contributed by atoms with van der Waals surface area (Å²) in [5.74, 6) is -1.38. The molecule has 250 valence electrons. The van der Waals surface area contributed by atoms with E-state index in [0.29, 0.717) is 12.8 Å². The summed E-state index contributed by atoms with van der Waals surface area (Å²) in [6.07, 6.45) is 34.7. The van der Waals surface area contributed by atoms with Gasteiger partial charge in [0, 0.05) is 61.7 Å². The molecule has 0 aliphatic heterocycles. The van der Waals surface area contributed by atoms with Crippen LogP contribution in [-0.4, -0.2) is 93.5 Å². The molecule has 0 rings (SSSR count). The molecule has 0 saturated carbocycles. The van der Waals surface area contributed by atoms with E-state index in [-0.39, 0.29) is 61.1 Å². The van der Waals surface area contributed by atoms with Gasteiger partial charge in [-0.1, -0.05) is 128 Å². The number of hydrogen-bond donors (Lipinski definition) is 4. The van der Waals surface area contributed by atoms with Crippen LogP contribution in [0.2, 0.25) is 0 Å². The van der Waals surface area contributed by atoms with Crippen molar-refractivity contribution in [1.82, 2.24) is 0 Å². The van der Waals surface area contributed by atoms with E-state index in [1.165, 1.54) is 51.4 Å². The van der Waals surface area contributed by atoms with Gasteiger partial charge in [-0.15, -0.1) is 0 Å². The third kappa shape index (κ3) is 46.5. The summed E-state index contributed by atoms with van der Waals surface area (Å²) in [6.45, 7) is 4.40. The van der Waals surface area contributed by atoms with Crippen LogP contribution in [0.4, 0.5) is 0 Å². The SMILES string of the molecule is CCCCCC[C@@H](O)C/C=C\CCCCCCCC(=O)O.CCCCCC[C@@H](O)C/C=C\CCCCCCCC(=O)O.[Ba]. The van der Waals surface area contributed by atoms with E-state index >= 15 is 0 Å². The van der Waals surface area contributed by atoms with Crippen LogP contribution in [0.5, 0.6) is 0 Å². The molecule has 4 N–H and O–H groups in total. The number of carboxylic acid groups (broad SMARTS) is 2. The van der Waals surface area contributed by atoms with Crippen molar-refractivity contribution in [2.45, 2.75) is 193 Å². The second-order valence-corrected chi connectivity index (χ2v) is 11.8. The third-order valence-electron chi connectivity index (χ3n) is 7.45. The van der Waals surface area contributed by atoms with Gasteiger partial charge in [-0.05, 0) is 64.2 Å². The van der Waals surface area contributed by atoms with Crippen LogP contribution in [-0.2, 0) is 9.59 Å². The molecule has 0 unspecified atom stereocenters. The van der Waals surface area contributed by atoms with E-state index in [9.17, 15) is 19.8 Å². The molecule has 0 aromatic rings. The monoisotopic (exact) mass is 734 g/mol. The maximum atomic E-state index is 10.3. The van der Waals surface area contributed by atoms with Crippen LogP contribution in [0.1, 0.15) is 181 Å². The molecule has 0 heterocycles. The van der Waals surface area contributed by atoms with Gasteiger partial charge in [0.1, 0.15) is 0 Å². The van der Waals surface area contributed by atoms with Crippen LogP contribution < -0.4 is 0 Å². The second kappa shape index (κ2) is 39.9. The van der Waals surface area contributed by atoms with Crippen molar-refractivity contribution in [3.05, 3.63) is 24.3 Å². The number of aliphatic hydroxyl groups excluding tert-OH is 2. The molecule has 0 spiro atoms. The van der Waals surface area contributed by atoms with Crippen molar-refractivity contribution < 1.29 is 30.0 Å². The Hall–Kier alpha value is -0.0886. The Bertz CT molecular complexity index is 583. The molecule has 0 amide bonds. The molecule has 43 heavy (non-hydrogen) atoms. The Labute approximate surface area is 305 Å². The number of carbonyl (C=O) groups is 2. The van der Waals surface area contributed by atoms with Gasteiger partial charge < -0.3 is 20.4 Å². The average molecular weight is 734 g/mol. The largest absolute Gasteiger partial charge is 0.481 e. The number of carboxylic acids is 2. The molecule has 6 nitrogen and oxygen atoms in total. The van der Waals surface area contributed by atoms with E-state index < -0.39 is 11.9 Å². The Morgan fingerprint density at radius 2 is 0.814 bits per heavy atom. The van der Waals surface area contributed by atoms with Crippen molar-refractivity contribution in [2.24, 2.45) is 0 Å². The zero-order valence-corrected chi connectivity index (χ0v) is 32.6. The predicted octanol–water partition coefficient (Wildman–Crippen LogP) is 9.78. The van der Waals surface area contributed by atoms with E-state index in [4.69, 9.17) is 10.2 Å². The molecule has 2 atom stereocenters. The number of unbranched alkanes of at least 4 members (excludes halogenated alkanes) is 16. The molecule has 0 saturated heterocycles. The zero-order valence-electron chi connectivity index (χ0n) is 28.2. The number of aliphatic carboxylic acids is 2. The van der Waals surface area contributed by atoms with E-state index in [2.05, 4.69) is 38.2 Å². The number of aliphatic hydroxyl groups is 2. The van der Waals surface area contributed by atoms with Crippen LogP contribution in [0.3, 0.4) is 0 Å². The quantitative estimate of drug-likeness (QED) is 0.0332. The summed E-state index contributed by atoms with van der Waals surface area (Å²) in [7, 11) is 0. The minimum Gasteiger partial charge on any atom is -0.481 e.